The normalized spacial score (nSPS) is 9.90. The summed E-state index contributed by atoms with van der Waals surface area (Å²) in [5.74, 6) is 1.54. The number of benzene rings is 2. The number of aryl methyl sites for hydroxylation is 1. The molecule has 102 valence electrons. The second-order valence-corrected chi connectivity index (χ2v) is 5.19. The van der Waals surface area contributed by atoms with E-state index in [1.54, 1.807) is 13.2 Å². The average Bonchev–Trinajstić information content (AvgIpc) is 2.46. The lowest BCUT2D eigenvalue weighted by molar-refractivity contribution is 0.302. The van der Waals surface area contributed by atoms with Crippen LogP contribution in [0.15, 0.2) is 40.9 Å². The van der Waals surface area contributed by atoms with Crippen molar-refractivity contribution >= 4 is 15.9 Å². The molecule has 2 aromatic rings. The minimum Gasteiger partial charge on any atom is -0.497 e. The van der Waals surface area contributed by atoms with E-state index in [0.29, 0.717) is 12.2 Å². The van der Waals surface area contributed by atoms with Crippen LogP contribution < -0.4 is 9.47 Å². The van der Waals surface area contributed by atoms with Crippen LogP contribution in [-0.4, -0.2) is 7.11 Å². The summed E-state index contributed by atoms with van der Waals surface area (Å²) in [6, 6.07) is 13.3. The molecule has 0 aromatic heterocycles. The van der Waals surface area contributed by atoms with E-state index in [-0.39, 0.29) is 0 Å². The van der Waals surface area contributed by atoms with Crippen LogP contribution in [0.5, 0.6) is 11.5 Å². The maximum atomic E-state index is 8.85. The van der Waals surface area contributed by atoms with Gasteiger partial charge in [0.25, 0.3) is 0 Å². The maximum Gasteiger partial charge on any atom is 0.134 e. The van der Waals surface area contributed by atoms with Crippen molar-refractivity contribution in [3.63, 3.8) is 0 Å². The Labute approximate surface area is 126 Å². The molecule has 0 saturated heterocycles. The van der Waals surface area contributed by atoms with E-state index in [4.69, 9.17) is 14.7 Å². The van der Waals surface area contributed by atoms with Gasteiger partial charge in [0.2, 0.25) is 0 Å². The van der Waals surface area contributed by atoms with Gasteiger partial charge in [-0.3, -0.25) is 0 Å². The number of hydrogen-bond acceptors (Lipinski definition) is 3. The lowest BCUT2D eigenvalue weighted by Gasteiger charge is -2.11. The van der Waals surface area contributed by atoms with Crippen LogP contribution >= 0.6 is 15.9 Å². The lowest BCUT2D eigenvalue weighted by Crippen LogP contribution is -1.99. The summed E-state index contributed by atoms with van der Waals surface area (Å²) < 4.78 is 11.8. The summed E-state index contributed by atoms with van der Waals surface area (Å²) in [6.45, 7) is 2.44. The Hall–Kier alpha value is -1.99. The fraction of sp³-hybridized carbons (Fsp3) is 0.188. The average molecular weight is 332 g/mol. The third-order valence-corrected chi connectivity index (χ3v) is 3.61. The van der Waals surface area contributed by atoms with E-state index >= 15 is 0 Å². The number of ether oxygens (including phenoxy) is 2. The molecule has 0 aliphatic heterocycles. The monoisotopic (exact) mass is 331 g/mol. The van der Waals surface area contributed by atoms with Crippen LogP contribution in [0, 0.1) is 18.3 Å². The van der Waals surface area contributed by atoms with Crippen molar-refractivity contribution in [2.45, 2.75) is 13.5 Å². The first kappa shape index (κ1) is 14.4. The van der Waals surface area contributed by atoms with Gasteiger partial charge in [-0.05, 0) is 64.3 Å². The quantitative estimate of drug-likeness (QED) is 0.842. The molecule has 0 fully saturated rings. The van der Waals surface area contributed by atoms with E-state index in [2.05, 4.69) is 22.0 Å². The molecule has 0 atom stereocenters. The molecule has 0 amide bonds. The van der Waals surface area contributed by atoms with Gasteiger partial charge < -0.3 is 9.47 Å². The Kier molecular flexibility index (Phi) is 4.65. The Morgan fingerprint density at radius 1 is 1.20 bits per heavy atom. The highest BCUT2D eigenvalue weighted by Gasteiger charge is 2.05. The molecular formula is C16H14BrNO2. The van der Waals surface area contributed by atoms with Gasteiger partial charge in [0.1, 0.15) is 18.1 Å². The summed E-state index contributed by atoms with van der Waals surface area (Å²) in [7, 11) is 1.63. The predicted molar refractivity (Wildman–Crippen MR) is 80.9 cm³/mol. The lowest BCUT2D eigenvalue weighted by atomic mass is 10.1. The molecule has 20 heavy (non-hydrogen) atoms. The molecule has 2 rings (SSSR count). The summed E-state index contributed by atoms with van der Waals surface area (Å²) in [4.78, 5) is 0. The summed E-state index contributed by atoms with van der Waals surface area (Å²) >= 11 is 3.45. The molecule has 0 spiro atoms. The van der Waals surface area contributed by atoms with Crippen molar-refractivity contribution in [3.05, 3.63) is 57.6 Å². The first-order chi connectivity index (χ1) is 9.63. The third kappa shape index (κ3) is 3.31. The zero-order valence-corrected chi connectivity index (χ0v) is 12.9. The number of hydrogen-bond donors (Lipinski definition) is 0. The van der Waals surface area contributed by atoms with Crippen LogP contribution in [-0.2, 0) is 6.61 Å². The molecule has 0 radical (unpaired) electrons. The van der Waals surface area contributed by atoms with Crippen LogP contribution in [0.4, 0.5) is 0 Å². The molecule has 0 unspecified atom stereocenters. The summed E-state index contributed by atoms with van der Waals surface area (Å²) in [5.41, 5.74) is 2.78. The number of nitrogens with zero attached hydrogens (tertiary/aromatic N) is 1. The fourth-order valence-corrected chi connectivity index (χ4v) is 2.28. The molecule has 0 N–H and O–H groups in total. The van der Waals surface area contributed by atoms with Gasteiger partial charge in [0, 0.05) is 0 Å². The second kappa shape index (κ2) is 6.44. The van der Waals surface area contributed by atoms with E-state index in [9.17, 15) is 0 Å². The standard InChI is InChI=1S/C16H14BrNO2/c1-11-7-12(9-18)3-4-13(11)10-20-16-6-5-14(19-2)8-15(16)17/h3-8H,10H2,1-2H3. The maximum absolute atomic E-state index is 8.85. The van der Waals surface area contributed by atoms with Gasteiger partial charge in [-0.25, -0.2) is 0 Å². The third-order valence-electron chi connectivity index (χ3n) is 2.99. The summed E-state index contributed by atoms with van der Waals surface area (Å²) in [6.07, 6.45) is 0. The van der Waals surface area contributed by atoms with Crippen molar-refractivity contribution in [1.82, 2.24) is 0 Å². The number of methoxy groups -OCH3 is 1. The van der Waals surface area contributed by atoms with Crippen molar-refractivity contribution in [2.24, 2.45) is 0 Å². The minimum atomic E-state index is 0.461. The molecule has 0 aliphatic rings. The molecule has 4 heteroatoms. The summed E-state index contributed by atoms with van der Waals surface area (Å²) in [5, 5.41) is 8.85. The van der Waals surface area contributed by atoms with Crippen LogP contribution in [0.2, 0.25) is 0 Å². The van der Waals surface area contributed by atoms with Gasteiger partial charge in [0.15, 0.2) is 0 Å². The smallest absolute Gasteiger partial charge is 0.134 e. The van der Waals surface area contributed by atoms with Crippen molar-refractivity contribution in [1.29, 1.82) is 5.26 Å². The minimum absolute atomic E-state index is 0.461. The first-order valence-electron chi connectivity index (χ1n) is 6.10. The molecule has 2 aromatic carbocycles. The molecule has 3 nitrogen and oxygen atoms in total. The number of rotatable bonds is 4. The Morgan fingerprint density at radius 3 is 2.60 bits per heavy atom. The Balaban J connectivity index is 2.11. The zero-order valence-electron chi connectivity index (χ0n) is 11.3. The molecule has 0 aliphatic carbocycles. The molecule has 0 saturated carbocycles. The molecular weight excluding hydrogens is 318 g/mol. The largest absolute Gasteiger partial charge is 0.497 e. The van der Waals surface area contributed by atoms with E-state index < -0.39 is 0 Å². The highest BCUT2D eigenvalue weighted by Crippen LogP contribution is 2.29. The number of halogens is 1. The Bertz CT molecular complexity index is 662. The number of nitriles is 1. The molecule has 0 heterocycles. The SMILES string of the molecule is COc1ccc(OCc2ccc(C#N)cc2C)c(Br)c1. The van der Waals surface area contributed by atoms with Crippen molar-refractivity contribution in [2.75, 3.05) is 7.11 Å². The fourth-order valence-electron chi connectivity index (χ4n) is 1.81. The second-order valence-electron chi connectivity index (χ2n) is 4.34. The van der Waals surface area contributed by atoms with Crippen molar-refractivity contribution in [3.8, 4) is 17.6 Å². The highest BCUT2D eigenvalue weighted by atomic mass is 79.9. The van der Waals surface area contributed by atoms with E-state index in [1.807, 2.05) is 37.3 Å². The van der Waals surface area contributed by atoms with Gasteiger partial charge in [-0.2, -0.15) is 5.26 Å². The van der Waals surface area contributed by atoms with Crippen LogP contribution in [0.1, 0.15) is 16.7 Å². The highest BCUT2D eigenvalue weighted by molar-refractivity contribution is 9.10. The van der Waals surface area contributed by atoms with Gasteiger partial charge >= 0.3 is 0 Å². The van der Waals surface area contributed by atoms with E-state index in [0.717, 1.165) is 27.1 Å². The van der Waals surface area contributed by atoms with Crippen LogP contribution in [0.25, 0.3) is 0 Å². The van der Waals surface area contributed by atoms with Gasteiger partial charge in [-0.1, -0.05) is 6.07 Å². The molecule has 0 bridgehead atoms. The topological polar surface area (TPSA) is 42.2 Å². The Morgan fingerprint density at radius 2 is 2.00 bits per heavy atom. The van der Waals surface area contributed by atoms with E-state index in [1.165, 1.54) is 0 Å². The van der Waals surface area contributed by atoms with Gasteiger partial charge in [0.05, 0.1) is 23.2 Å². The van der Waals surface area contributed by atoms with Crippen molar-refractivity contribution < 1.29 is 9.47 Å². The zero-order chi connectivity index (χ0) is 14.5. The predicted octanol–water partition coefficient (Wildman–Crippen LogP) is 4.22. The van der Waals surface area contributed by atoms with Crippen LogP contribution in [0.3, 0.4) is 0 Å². The van der Waals surface area contributed by atoms with Gasteiger partial charge in [-0.15, -0.1) is 0 Å². The first-order valence-corrected chi connectivity index (χ1v) is 6.89.